The minimum atomic E-state index is 0.222. The summed E-state index contributed by atoms with van der Waals surface area (Å²) in [6.45, 7) is 7.07. The maximum absolute atomic E-state index is 12.8. The fourth-order valence-corrected chi connectivity index (χ4v) is 3.46. The molecule has 2 heterocycles. The Morgan fingerprint density at radius 1 is 1.32 bits per heavy atom. The second-order valence-corrected chi connectivity index (χ2v) is 5.87. The van der Waals surface area contributed by atoms with E-state index < -0.39 is 0 Å². The van der Waals surface area contributed by atoms with Gasteiger partial charge in [-0.2, -0.15) is 0 Å². The third-order valence-corrected chi connectivity index (χ3v) is 4.77. The number of hydrogen-bond acceptors (Lipinski definition) is 2. The van der Waals surface area contributed by atoms with E-state index in [0.717, 1.165) is 37.2 Å². The number of benzene rings is 1. The standard InChI is InChI=1S/C16H22N2O/c1-11-5-3-7-14(12(11)2)16(19)18-8-4-6-13-9-17-10-15(13)18/h3,5,7,13,15,17H,4,6,8-10H2,1-2H3. The first kappa shape index (κ1) is 12.7. The van der Waals surface area contributed by atoms with Gasteiger partial charge in [-0.25, -0.2) is 0 Å². The summed E-state index contributed by atoms with van der Waals surface area (Å²) in [5, 5.41) is 3.43. The first-order chi connectivity index (χ1) is 9.18. The summed E-state index contributed by atoms with van der Waals surface area (Å²) in [7, 11) is 0. The molecule has 2 atom stereocenters. The van der Waals surface area contributed by atoms with E-state index in [4.69, 9.17) is 0 Å². The van der Waals surface area contributed by atoms with E-state index in [2.05, 4.69) is 30.1 Å². The van der Waals surface area contributed by atoms with Crippen LogP contribution in [0.2, 0.25) is 0 Å². The summed E-state index contributed by atoms with van der Waals surface area (Å²) >= 11 is 0. The molecule has 2 saturated heterocycles. The molecule has 0 aromatic heterocycles. The number of likely N-dealkylation sites (tertiary alicyclic amines) is 1. The molecule has 2 unspecified atom stereocenters. The fourth-order valence-electron chi connectivity index (χ4n) is 3.46. The summed E-state index contributed by atoms with van der Waals surface area (Å²) in [6, 6.07) is 6.43. The van der Waals surface area contributed by atoms with Crippen LogP contribution in [0.5, 0.6) is 0 Å². The van der Waals surface area contributed by atoms with Crippen LogP contribution in [0, 0.1) is 19.8 Å². The molecule has 0 spiro atoms. The van der Waals surface area contributed by atoms with E-state index in [9.17, 15) is 4.79 Å². The van der Waals surface area contributed by atoms with Gasteiger partial charge in [0.25, 0.3) is 5.91 Å². The average Bonchev–Trinajstić information content (AvgIpc) is 2.89. The van der Waals surface area contributed by atoms with Crippen LogP contribution in [-0.4, -0.2) is 36.5 Å². The minimum absolute atomic E-state index is 0.222. The highest BCUT2D eigenvalue weighted by Gasteiger charge is 2.37. The molecular weight excluding hydrogens is 236 g/mol. The lowest BCUT2D eigenvalue weighted by Crippen LogP contribution is -2.48. The minimum Gasteiger partial charge on any atom is -0.334 e. The van der Waals surface area contributed by atoms with Crippen LogP contribution < -0.4 is 5.32 Å². The van der Waals surface area contributed by atoms with Gasteiger partial charge in [0.15, 0.2) is 0 Å². The van der Waals surface area contributed by atoms with Crippen molar-refractivity contribution >= 4 is 5.91 Å². The third-order valence-electron chi connectivity index (χ3n) is 4.77. The van der Waals surface area contributed by atoms with Crippen LogP contribution in [0.3, 0.4) is 0 Å². The monoisotopic (exact) mass is 258 g/mol. The predicted octanol–water partition coefficient (Wildman–Crippen LogP) is 2.13. The molecular formula is C16H22N2O. The molecule has 0 radical (unpaired) electrons. The number of nitrogens with zero attached hydrogens (tertiary/aromatic N) is 1. The van der Waals surface area contributed by atoms with E-state index in [1.165, 1.54) is 12.0 Å². The zero-order valence-electron chi connectivity index (χ0n) is 11.8. The molecule has 3 nitrogen and oxygen atoms in total. The molecule has 2 aliphatic rings. The highest BCUT2D eigenvalue weighted by atomic mass is 16.2. The van der Waals surface area contributed by atoms with Gasteiger partial charge in [-0.15, -0.1) is 0 Å². The number of carbonyl (C=O) groups excluding carboxylic acids is 1. The van der Waals surface area contributed by atoms with E-state index in [1.807, 2.05) is 12.1 Å². The first-order valence-electron chi connectivity index (χ1n) is 7.26. The Morgan fingerprint density at radius 3 is 3.00 bits per heavy atom. The second-order valence-electron chi connectivity index (χ2n) is 5.87. The van der Waals surface area contributed by atoms with Gasteiger partial charge in [-0.1, -0.05) is 12.1 Å². The number of fused-ring (bicyclic) bond motifs is 1. The number of hydrogen-bond donors (Lipinski definition) is 1. The molecule has 1 amide bonds. The Labute approximate surface area is 115 Å². The normalized spacial score (nSPS) is 26.3. The molecule has 102 valence electrons. The lowest BCUT2D eigenvalue weighted by molar-refractivity contribution is 0.0574. The molecule has 3 heteroatoms. The number of nitrogens with one attached hydrogen (secondary N) is 1. The predicted molar refractivity (Wildman–Crippen MR) is 76.3 cm³/mol. The maximum atomic E-state index is 12.8. The Kier molecular flexibility index (Phi) is 3.31. The molecule has 1 N–H and O–H groups in total. The van der Waals surface area contributed by atoms with Crippen LogP contribution in [0.4, 0.5) is 0 Å². The molecule has 0 saturated carbocycles. The molecule has 2 aliphatic heterocycles. The Balaban J connectivity index is 1.88. The van der Waals surface area contributed by atoms with Gasteiger partial charge in [-0.3, -0.25) is 4.79 Å². The van der Waals surface area contributed by atoms with Crippen LogP contribution in [0.1, 0.15) is 34.3 Å². The SMILES string of the molecule is Cc1cccc(C(=O)N2CCCC3CNCC32)c1C. The number of carbonyl (C=O) groups is 1. The maximum Gasteiger partial charge on any atom is 0.254 e. The van der Waals surface area contributed by atoms with Gasteiger partial charge < -0.3 is 10.2 Å². The van der Waals surface area contributed by atoms with Gasteiger partial charge in [0.2, 0.25) is 0 Å². The lowest BCUT2D eigenvalue weighted by Gasteiger charge is -2.37. The zero-order valence-corrected chi connectivity index (χ0v) is 11.8. The quantitative estimate of drug-likeness (QED) is 0.837. The van der Waals surface area contributed by atoms with Crippen LogP contribution >= 0.6 is 0 Å². The van der Waals surface area contributed by atoms with Crippen LogP contribution in [0.25, 0.3) is 0 Å². The Hall–Kier alpha value is -1.35. The van der Waals surface area contributed by atoms with Gasteiger partial charge in [0.1, 0.15) is 0 Å². The molecule has 0 bridgehead atoms. The van der Waals surface area contributed by atoms with E-state index >= 15 is 0 Å². The highest BCUT2D eigenvalue weighted by molar-refractivity contribution is 5.96. The molecule has 3 rings (SSSR count). The largest absolute Gasteiger partial charge is 0.334 e. The first-order valence-corrected chi connectivity index (χ1v) is 7.26. The molecule has 19 heavy (non-hydrogen) atoms. The average molecular weight is 258 g/mol. The van der Waals surface area contributed by atoms with Gasteiger partial charge in [0.05, 0.1) is 0 Å². The summed E-state index contributed by atoms with van der Waals surface area (Å²) < 4.78 is 0. The lowest BCUT2D eigenvalue weighted by atomic mass is 9.91. The highest BCUT2D eigenvalue weighted by Crippen LogP contribution is 2.28. The zero-order chi connectivity index (χ0) is 13.4. The van der Waals surface area contributed by atoms with Crippen molar-refractivity contribution < 1.29 is 4.79 Å². The number of aryl methyl sites for hydroxylation is 1. The topological polar surface area (TPSA) is 32.3 Å². The number of amides is 1. The molecule has 1 aromatic carbocycles. The van der Waals surface area contributed by atoms with Gasteiger partial charge in [-0.05, 0) is 49.8 Å². The van der Waals surface area contributed by atoms with Crippen molar-refractivity contribution in [3.63, 3.8) is 0 Å². The Morgan fingerprint density at radius 2 is 2.16 bits per heavy atom. The van der Waals surface area contributed by atoms with E-state index in [-0.39, 0.29) is 5.91 Å². The van der Waals surface area contributed by atoms with Crippen molar-refractivity contribution in [2.24, 2.45) is 5.92 Å². The van der Waals surface area contributed by atoms with Gasteiger partial charge >= 0.3 is 0 Å². The molecule has 0 aliphatic carbocycles. The summed E-state index contributed by atoms with van der Waals surface area (Å²) in [4.78, 5) is 14.9. The molecule has 2 fully saturated rings. The van der Waals surface area contributed by atoms with Crippen molar-refractivity contribution in [1.29, 1.82) is 0 Å². The summed E-state index contributed by atoms with van der Waals surface area (Å²) in [5.41, 5.74) is 3.21. The molecule has 1 aromatic rings. The van der Waals surface area contributed by atoms with E-state index in [1.54, 1.807) is 0 Å². The smallest absolute Gasteiger partial charge is 0.254 e. The van der Waals surface area contributed by atoms with E-state index in [0.29, 0.717) is 12.0 Å². The van der Waals surface area contributed by atoms with Crippen molar-refractivity contribution in [3.05, 3.63) is 34.9 Å². The third kappa shape index (κ3) is 2.16. The Bertz CT molecular complexity index is 498. The van der Waals surface area contributed by atoms with Crippen LogP contribution in [-0.2, 0) is 0 Å². The number of rotatable bonds is 1. The van der Waals surface area contributed by atoms with Crippen molar-refractivity contribution in [2.75, 3.05) is 19.6 Å². The van der Waals surface area contributed by atoms with Crippen molar-refractivity contribution in [1.82, 2.24) is 10.2 Å². The van der Waals surface area contributed by atoms with Crippen molar-refractivity contribution in [3.8, 4) is 0 Å². The second kappa shape index (κ2) is 4.97. The van der Waals surface area contributed by atoms with Crippen molar-refractivity contribution in [2.45, 2.75) is 32.7 Å². The number of piperidine rings is 1. The summed E-state index contributed by atoms with van der Waals surface area (Å²) in [5.74, 6) is 0.877. The van der Waals surface area contributed by atoms with Gasteiger partial charge in [0, 0.05) is 31.2 Å². The van der Waals surface area contributed by atoms with Crippen LogP contribution in [0.15, 0.2) is 18.2 Å². The summed E-state index contributed by atoms with van der Waals surface area (Å²) in [6.07, 6.45) is 2.40. The fraction of sp³-hybridized carbons (Fsp3) is 0.562.